The van der Waals surface area contributed by atoms with Crippen LogP contribution in [0.5, 0.6) is 11.5 Å². The van der Waals surface area contributed by atoms with Gasteiger partial charge in [0.15, 0.2) is 0 Å². The highest BCUT2D eigenvalue weighted by molar-refractivity contribution is 7.23. The second-order valence-electron chi connectivity index (χ2n) is 14.5. The normalized spacial score (nSPS) is 13.0. The maximum atomic E-state index is 12.7. The number of rotatable bonds is 4. The minimum absolute atomic E-state index is 0.0111. The van der Waals surface area contributed by atoms with E-state index < -0.39 is 5.56 Å². The molecule has 0 radical (unpaired) electrons. The number of nitrogens with one attached hydrogen (secondary N) is 2. The second kappa shape index (κ2) is 14.7. The molecule has 4 aromatic heterocycles. The molecule has 282 valence electrons. The lowest BCUT2D eigenvalue weighted by molar-refractivity contribution is 0.482. The summed E-state index contributed by atoms with van der Waals surface area (Å²) in [5.74, 6) is -0.125. The molecule has 0 saturated heterocycles. The van der Waals surface area contributed by atoms with Crippen LogP contribution in [0, 0.1) is 18.3 Å². The highest BCUT2D eigenvalue weighted by Crippen LogP contribution is 2.49. The molecule has 0 bridgehead atoms. The predicted octanol–water partition coefficient (Wildman–Crippen LogP) is 11.7. The Labute approximate surface area is 345 Å². The van der Waals surface area contributed by atoms with Crippen molar-refractivity contribution in [2.75, 3.05) is 0 Å². The van der Waals surface area contributed by atoms with Gasteiger partial charge in [0.25, 0.3) is 11.1 Å². The number of thiophene rings is 2. The SMILES string of the molecule is Cc1cccc(-c2c(O)c3c(-c4ccc5c(c4)CCC5)c(Cl)sc3[nH]c2=O)c1.N#Cc1cccc(-c2c(O)c3c(-c4ccc5c(c4)CCC5)c(Cl)sc3[nH]c2=O)c1. The van der Waals surface area contributed by atoms with E-state index in [0.717, 1.165) is 59.9 Å². The number of benzene rings is 4. The zero-order chi connectivity index (χ0) is 39.5. The Balaban J connectivity index is 0.000000148. The summed E-state index contributed by atoms with van der Waals surface area (Å²) < 4.78 is 1.09. The Hall–Kier alpha value is -5.63. The number of fused-ring (bicyclic) bond motifs is 4. The second-order valence-corrected chi connectivity index (χ2v) is 17.7. The monoisotopic (exact) mass is 825 g/mol. The van der Waals surface area contributed by atoms with Crippen molar-refractivity contribution in [1.29, 1.82) is 5.26 Å². The summed E-state index contributed by atoms with van der Waals surface area (Å²) in [6.07, 6.45) is 6.63. The van der Waals surface area contributed by atoms with Crippen molar-refractivity contribution in [2.24, 2.45) is 0 Å². The first-order valence-electron chi connectivity index (χ1n) is 18.6. The van der Waals surface area contributed by atoms with Crippen molar-refractivity contribution in [3.8, 4) is 62.1 Å². The molecular weight excluding hydrogens is 794 g/mol. The summed E-state index contributed by atoms with van der Waals surface area (Å²) in [5.41, 5.74) is 11.2. The molecule has 0 fully saturated rings. The van der Waals surface area contributed by atoms with Gasteiger partial charge in [-0.3, -0.25) is 9.59 Å². The molecule has 10 rings (SSSR count). The van der Waals surface area contributed by atoms with Crippen molar-refractivity contribution >= 4 is 66.3 Å². The molecule has 11 heteroatoms. The summed E-state index contributed by atoms with van der Waals surface area (Å²) >= 11 is 15.7. The number of halogens is 2. The zero-order valence-electron chi connectivity index (χ0n) is 30.6. The summed E-state index contributed by atoms with van der Waals surface area (Å²) in [5, 5.41) is 32.6. The maximum absolute atomic E-state index is 12.7. The summed E-state index contributed by atoms with van der Waals surface area (Å²) in [7, 11) is 0. The van der Waals surface area contributed by atoms with E-state index in [2.05, 4.69) is 46.4 Å². The van der Waals surface area contributed by atoms with Crippen LogP contribution < -0.4 is 11.1 Å². The van der Waals surface area contributed by atoms with E-state index >= 15 is 0 Å². The first-order chi connectivity index (χ1) is 27.6. The van der Waals surface area contributed by atoms with Crippen molar-refractivity contribution < 1.29 is 10.2 Å². The molecule has 4 heterocycles. The number of aryl methyl sites for hydroxylation is 5. The highest BCUT2D eigenvalue weighted by atomic mass is 35.5. The predicted molar refractivity (Wildman–Crippen MR) is 233 cm³/mol. The van der Waals surface area contributed by atoms with Crippen LogP contribution in [0.25, 0.3) is 64.9 Å². The van der Waals surface area contributed by atoms with Gasteiger partial charge < -0.3 is 20.2 Å². The Morgan fingerprint density at radius 1 is 0.596 bits per heavy atom. The third-order valence-corrected chi connectivity index (χ3v) is 13.6. The van der Waals surface area contributed by atoms with Gasteiger partial charge in [-0.2, -0.15) is 5.26 Å². The van der Waals surface area contributed by atoms with E-state index in [-0.39, 0.29) is 28.2 Å². The molecule has 0 saturated carbocycles. The Bertz CT molecular complexity index is 3110. The molecule has 8 aromatic rings. The molecule has 2 aliphatic carbocycles. The van der Waals surface area contributed by atoms with Gasteiger partial charge in [0, 0.05) is 11.1 Å². The highest BCUT2D eigenvalue weighted by Gasteiger charge is 2.25. The number of aromatic hydroxyl groups is 2. The van der Waals surface area contributed by atoms with Crippen molar-refractivity contribution in [1.82, 2.24) is 9.97 Å². The van der Waals surface area contributed by atoms with Crippen LogP contribution in [0.4, 0.5) is 0 Å². The third kappa shape index (κ3) is 6.53. The summed E-state index contributed by atoms with van der Waals surface area (Å²) in [6, 6.07) is 29.0. The lowest BCUT2D eigenvalue weighted by Gasteiger charge is -2.09. The minimum atomic E-state index is -0.413. The number of pyridine rings is 2. The van der Waals surface area contributed by atoms with Gasteiger partial charge in [-0.15, -0.1) is 22.7 Å². The molecule has 0 unspecified atom stereocenters. The quantitative estimate of drug-likeness (QED) is 0.140. The summed E-state index contributed by atoms with van der Waals surface area (Å²) in [6.45, 7) is 1.96. The van der Waals surface area contributed by atoms with E-state index in [1.807, 2.05) is 37.3 Å². The number of nitriles is 1. The van der Waals surface area contributed by atoms with Gasteiger partial charge in [-0.1, -0.05) is 102 Å². The van der Waals surface area contributed by atoms with Gasteiger partial charge in [0.1, 0.15) is 29.8 Å². The van der Waals surface area contributed by atoms with Gasteiger partial charge in [-0.05, 0) is 102 Å². The van der Waals surface area contributed by atoms with Gasteiger partial charge in [0.05, 0.1) is 33.5 Å². The molecule has 0 spiro atoms. The molecule has 0 amide bonds. The van der Waals surface area contributed by atoms with Crippen LogP contribution in [0.3, 0.4) is 0 Å². The fraction of sp³-hybridized carbons (Fsp3) is 0.152. The largest absolute Gasteiger partial charge is 0.506 e. The van der Waals surface area contributed by atoms with Crippen LogP contribution >= 0.6 is 45.9 Å². The molecule has 7 nitrogen and oxygen atoms in total. The average molecular weight is 827 g/mol. The molecule has 4 N–H and O–H groups in total. The average Bonchev–Trinajstić information content (AvgIpc) is 3.99. The Kier molecular flexibility index (Phi) is 9.54. The number of aromatic nitrogens is 2. The van der Waals surface area contributed by atoms with Gasteiger partial charge >= 0.3 is 0 Å². The first kappa shape index (κ1) is 37.0. The molecular formula is C46H33Cl2N3O4S2. The van der Waals surface area contributed by atoms with E-state index in [9.17, 15) is 25.1 Å². The van der Waals surface area contributed by atoms with Crippen LogP contribution in [0.2, 0.25) is 8.67 Å². The van der Waals surface area contributed by atoms with Crippen molar-refractivity contribution in [2.45, 2.75) is 45.4 Å². The number of hydrogen-bond acceptors (Lipinski definition) is 7. The van der Waals surface area contributed by atoms with Crippen LogP contribution in [0.1, 0.15) is 46.2 Å². The lowest BCUT2D eigenvalue weighted by Crippen LogP contribution is -2.08. The molecule has 2 aliphatic rings. The van der Waals surface area contributed by atoms with Crippen LogP contribution in [-0.4, -0.2) is 20.2 Å². The van der Waals surface area contributed by atoms with E-state index in [0.29, 0.717) is 45.8 Å². The molecule has 0 atom stereocenters. The number of H-pyrrole nitrogens is 2. The number of aromatic amines is 2. The van der Waals surface area contributed by atoms with Crippen LogP contribution in [-0.2, 0) is 25.7 Å². The minimum Gasteiger partial charge on any atom is -0.506 e. The smallest absolute Gasteiger partial charge is 0.260 e. The Morgan fingerprint density at radius 2 is 1.05 bits per heavy atom. The fourth-order valence-electron chi connectivity index (χ4n) is 8.28. The third-order valence-electron chi connectivity index (χ3n) is 10.9. The number of nitrogens with zero attached hydrogens (tertiary/aromatic N) is 1. The van der Waals surface area contributed by atoms with Crippen molar-refractivity contribution in [3.05, 3.63) is 148 Å². The standard InChI is InChI=1S/C23H15ClN2O2S.C23H18ClNO2S/c24-21-17(16-8-7-13-4-2-5-14(13)10-16)19-20(27)18(22(28)26-23(19)29-21)15-6-1-3-12(9-15)11-25;1-12-4-2-7-15(10-12)18-20(26)19-17(21(24)28-23(19)25-22(18)27)16-9-8-13-5-3-6-14(13)11-16/h1,3,6-10H,2,4-5H2,(H2,26,27,28);2,4,7-11H,3,5-6H2,1H3,(H2,25,26,27). The lowest BCUT2D eigenvalue weighted by atomic mass is 9.97. The molecule has 0 aliphatic heterocycles. The summed E-state index contributed by atoms with van der Waals surface area (Å²) in [4.78, 5) is 32.4. The topological polar surface area (TPSA) is 130 Å². The first-order valence-corrected chi connectivity index (χ1v) is 20.9. The fourth-order valence-corrected chi connectivity index (χ4v) is 11.0. The van der Waals surface area contributed by atoms with E-state index in [1.54, 1.807) is 24.3 Å². The number of hydrogen-bond donors (Lipinski definition) is 4. The maximum Gasteiger partial charge on any atom is 0.260 e. The van der Waals surface area contributed by atoms with E-state index in [1.165, 1.54) is 51.3 Å². The molecule has 4 aromatic carbocycles. The Morgan fingerprint density at radius 3 is 1.54 bits per heavy atom. The zero-order valence-corrected chi connectivity index (χ0v) is 33.7. The molecule has 57 heavy (non-hydrogen) atoms. The van der Waals surface area contributed by atoms with Gasteiger partial charge in [0.2, 0.25) is 0 Å². The van der Waals surface area contributed by atoms with Crippen LogP contribution in [0.15, 0.2) is 94.5 Å². The van der Waals surface area contributed by atoms with Gasteiger partial charge in [-0.25, -0.2) is 0 Å². The van der Waals surface area contributed by atoms with Crippen molar-refractivity contribution in [3.63, 3.8) is 0 Å². The van der Waals surface area contributed by atoms with E-state index in [4.69, 9.17) is 23.2 Å².